The van der Waals surface area contributed by atoms with Gasteiger partial charge in [0.15, 0.2) is 0 Å². The largest absolute Gasteiger partial charge is 0.480 e. The van der Waals surface area contributed by atoms with E-state index in [0.717, 1.165) is 29.8 Å². The lowest BCUT2D eigenvalue weighted by atomic mass is 9.85. The van der Waals surface area contributed by atoms with Gasteiger partial charge in [0.25, 0.3) is 0 Å². The molecule has 2 N–H and O–H groups in total. The molecule has 1 aliphatic carbocycles. The fourth-order valence-corrected chi connectivity index (χ4v) is 3.61. The molecule has 0 spiro atoms. The number of carbonyl (C=O) groups excluding carboxylic acids is 1. The zero-order valence-corrected chi connectivity index (χ0v) is 14.5. The van der Waals surface area contributed by atoms with Gasteiger partial charge in [-0.25, -0.2) is 4.68 Å². The summed E-state index contributed by atoms with van der Waals surface area (Å²) in [7, 11) is 0. The van der Waals surface area contributed by atoms with Gasteiger partial charge >= 0.3 is 5.97 Å². The number of hydrogen-bond donors (Lipinski definition) is 2. The molecule has 2 aromatic rings. The molecular formula is C19H23N3O3. The summed E-state index contributed by atoms with van der Waals surface area (Å²) in [6, 6.07) is 9.45. The molecule has 1 aliphatic rings. The summed E-state index contributed by atoms with van der Waals surface area (Å²) in [5.74, 6) is -1.41. The van der Waals surface area contributed by atoms with Gasteiger partial charge < -0.3 is 10.4 Å². The van der Waals surface area contributed by atoms with Crippen LogP contribution in [-0.2, 0) is 9.59 Å². The number of rotatable bonds is 5. The SMILES string of the molecule is Cc1c(C(C)NC(=O)C2(C(=O)O)CCCC2)cnn1-c1ccccc1. The zero-order chi connectivity index (χ0) is 18.0. The fourth-order valence-electron chi connectivity index (χ4n) is 3.61. The van der Waals surface area contributed by atoms with Gasteiger partial charge in [-0.1, -0.05) is 31.0 Å². The van der Waals surface area contributed by atoms with Crippen LogP contribution in [0.3, 0.4) is 0 Å². The maximum Gasteiger partial charge on any atom is 0.319 e. The quantitative estimate of drug-likeness (QED) is 0.819. The summed E-state index contributed by atoms with van der Waals surface area (Å²) in [4.78, 5) is 24.3. The summed E-state index contributed by atoms with van der Waals surface area (Å²) in [6.07, 6.45) is 4.10. The van der Waals surface area contributed by atoms with Gasteiger partial charge in [0.1, 0.15) is 5.41 Å². The molecule has 25 heavy (non-hydrogen) atoms. The smallest absolute Gasteiger partial charge is 0.319 e. The monoisotopic (exact) mass is 341 g/mol. The molecule has 0 bridgehead atoms. The van der Waals surface area contributed by atoms with E-state index in [4.69, 9.17) is 0 Å². The Labute approximate surface area is 146 Å². The number of hydrogen-bond acceptors (Lipinski definition) is 3. The van der Waals surface area contributed by atoms with Crippen molar-refractivity contribution < 1.29 is 14.7 Å². The first-order chi connectivity index (χ1) is 12.0. The van der Waals surface area contributed by atoms with Gasteiger partial charge in [0.2, 0.25) is 5.91 Å². The number of benzene rings is 1. The second-order valence-corrected chi connectivity index (χ2v) is 6.72. The number of amides is 1. The van der Waals surface area contributed by atoms with Crippen LogP contribution in [-0.4, -0.2) is 26.8 Å². The summed E-state index contributed by atoms with van der Waals surface area (Å²) in [6.45, 7) is 3.81. The van der Waals surface area contributed by atoms with Crippen molar-refractivity contribution in [2.45, 2.75) is 45.6 Å². The first kappa shape index (κ1) is 17.2. The number of carboxylic acids is 1. The highest BCUT2D eigenvalue weighted by molar-refractivity contribution is 6.02. The second kappa shape index (κ2) is 6.70. The summed E-state index contributed by atoms with van der Waals surface area (Å²) in [5, 5.41) is 16.9. The number of aliphatic carboxylic acids is 1. The number of nitrogens with one attached hydrogen (secondary N) is 1. The molecule has 1 fully saturated rings. The van der Waals surface area contributed by atoms with Gasteiger partial charge in [0, 0.05) is 11.3 Å². The van der Waals surface area contributed by atoms with Crippen LogP contribution in [0.1, 0.15) is 49.9 Å². The molecule has 0 aliphatic heterocycles. The Morgan fingerprint density at radius 2 is 1.88 bits per heavy atom. The summed E-state index contributed by atoms with van der Waals surface area (Å²) < 4.78 is 1.82. The topological polar surface area (TPSA) is 84.2 Å². The highest BCUT2D eigenvalue weighted by Crippen LogP contribution is 2.39. The Morgan fingerprint density at radius 1 is 1.24 bits per heavy atom. The van der Waals surface area contributed by atoms with E-state index in [2.05, 4.69) is 10.4 Å². The van der Waals surface area contributed by atoms with Crippen molar-refractivity contribution in [1.29, 1.82) is 0 Å². The van der Waals surface area contributed by atoms with E-state index in [1.165, 1.54) is 0 Å². The Balaban J connectivity index is 1.80. The Morgan fingerprint density at radius 3 is 2.48 bits per heavy atom. The second-order valence-electron chi connectivity index (χ2n) is 6.72. The van der Waals surface area contributed by atoms with Gasteiger partial charge in [0.05, 0.1) is 17.9 Å². The number of carbonyl (C=O) groups is 2. The average Bonchev–Trinajstić information content (AvgIpc) is 3.23. The van der Waals surface area contributed by atoms with Crippen molar-refractivity contribution in [3.05, 3.63) is 47.8 Å². The van der Waals surface area contributed by atoms with Gasteiger partial charge in [-0.05, 0) is 38.8 Å². The molecule has 1 heterocycles. The van der Waals surface area contributed by atoms with Crippen LogP contribution in [0.4, 0.5) is 0 Å². The molecule has 132 valence electrons. The third kappa shape index (κ3) is 3.04. The van der Waals surface area contributed by atoms with Crippen LogP contribution >= 0.6 is 0 Å². The first-order valence-electron chi connectivity index (χ1n) is 8.60. The summed E-state index contributed by atoms with van der Waals surface area (Å²) >= 11 is 0. The van der Waals surface area contributed by atoms with E-state index in [0.29, 0.717) is 12.8 Å². The van der Waals surface area contributed by atoms with Crippen molar-refractivity contribution >= 4 is 11.9 Å². The van der Waals surface area contributed by atoms with E-state index in [1.807, 2.05) is 48.9 Å². The average molecular weight is 341 g/mol. The van der Waals surface area contributed by atoms with Crippen molar-refractivity contribution in [3.8, 4) is 5.69 Å². The molecule has 1 aromatic heterocycles. The first-order valence-corrected chi connectivity index (χ1v) is 8.60. The fraction of sp³-hybridized carbons (Fsp3) is 0.421. The predicted octanol–water partition coefficient (Wildman–Crippen LogP) is 3.00. The van der Waals surface area contributed by atoms with Crippen molar-refractivity contribution in [1.82, 2.24) is 15.1 Å². The van der Waals surface area contributed by atoms with Crippen LogP contribution in [0, 0.1) is 12.3 Å². The molecule has 3 rings (SSSR count). The number of carboxylic acid groups (broad SMARTS) is 1. The van der Waals surface area contributed by atoms with Crippen molar-refractivity contribution in [2.24, 2.45) is 5.41 Å². The molecule has 1 atom stereocenters. The lowest BCUT2D eigenvalue weighted by molar-refractivity contribution is -0.155. The third-order valence-corrected chi connectivity index (χ3v) is 5.16. The van der Waals surface area contributed by atoms with Crippen molar-refractivity contribution in [3.63, 3.8) is 0 Å². The standard InChI is InChI=1S/C19H23N3O3/c1-13(21-17(23)19(18(24)25)10-6-7-11-19)16-12-20-22(14(16)2)15-8-4-3-5-9-15/h3-5,8-9,12-13H,6-7,10-11H2,1-2H3,(H,21,23)(H,24,25). The molecule has 1 saturated carbocycles. The minimum Gasteiger partial charge on any atom is -0.480 e. The normalized spacial score (nSPS) is 17.2. The maximum atomic E-state index is 12.7. The predicted molar refractivity (Wildman–Crippen MR) is 93.4 cm³/mol. The Bertz CT molecular complexity index is 776. The van der Waals surface area contributed by atoms with Gasteiger partial charge in [-0.15, -0.1) is 0 Å². The molecule has 1 amide bonds. The molecule has 1 unspecified atom stereocenters. The highest BCUT2D eigenvalue weighted by Gasteiger charge is 2.48. The molecule has 0 radical (unpaired) electrons. The number of aromatic nitrogens is 2. The van der Waals surface area contributed by atoms with E-state index >= 15 is 0 Å². The lowest BCUT2D eigenvalue weighted by Crippen LogP contribution is -2.45. The Kier molecular flexibility index (Phi) is 4.61. The van der Waals surface area contributed by atoms with Gasteiger partial charge in [-0.2, -0.15) is 5.10 Å². The molecule has 6 heteroatoms. The molecular weight excluding hydrogens is 318 g/mol. The molecule has 6 nitrogen and oxygen atoms in total. The van der Waals surface area contributed by atoms with E-state index in [-0.39, 0.29) is 6.04 Å². The minimum absolute atomic E-state index is 0.304. The maximum absolute atomic E-state index is 12.7. The number of nitrogens with zero attached hydrogens (tertiary/aromatic N) is 2. The van der Waals surface area contributed by atoms with E-state index in [9.17, 15) is 14.7 Å². The van der Waals surface area contributed by atoms with E-state index < -0.39 is 17.3 Å². The zero-order valence-electron chi connectivity index (χ0n) is 14.5. The lowest BCUT2D eigenvalue weighted by Gasteiger charge is -2.25. The number of para-hydroxylation sites is 1. The minimum atomic E-state index is -1.28. The van der Waals surface area contributed by atoms with Crippen LogP contribution in [0.5, 0.6) is 0 Å². The highest BCUT2D eigenvalue weighted by atomic mass is 16.4. The van der Waals surface area contributed by atoms with Crippen LogP contribution in [0.2, 0.25) is 0 Å². The van der Waals surface area contributed by atoms with E-state index in [1.54, 1.807) is 6.20 Å². The van der Waals surface area contributed by atoms with Crippen LogP contribution < -0.4 is 5.32 Å². The van der Waals surface area contributed by atoms with Crippen molar-refractivity contribution in [2.75, 3.05) is 0 Å². The van der Waals surface area contributed by atoms with Crippen LogP contribution in [0.25, 0.3) is 5.69 Å². The molecule has 0 saturated heterocycles. The third-order valence-electron chi connectivity index (χ3n) is 5.16. The molecule has 1 aromatic carbocycles. The summed E-state index contributed by atoms with van der Waals surface area (Å²) in [5.41, 5.74) is 1.48. The van der Waals surface area contributed by atoms with Crippen LogP contribution in [0.15, 0.2) is 36.5 Å². The Hall–Kier alpha value is -2.63. The van der Waals surface area contributed by atoms with Gasteiger partial charge in [-0.3, -0.25) is 9.59 Å².